The molecule has 1 rings (SSSR count). The van der Waals surface area contributed by atoms with Crippen LogP contribution in [0.15, 0.2) is 18.2 Å². The van der Waals surface area contributed by atoms with Crippen LogP contribution in [0.3, 0.4) is 0 Å². The number of hydrogen-bond acceptors (Lipinski definition) is 2. The lowest BCUT2D eigenvalue weighted by atomic mass is 10.1. The summed E-state index contributed by atoms with van der Waals surface area (Å²) in [5.74, 6) is -0.393. The number of carbonyl (C=O) groups is 1. The van der Waals surface area contributed by atoms with E-state index in [2.05, 4.69) is 5.32 Å². The minimum absolute atomic E-state index is 0.0284. The molecule has 0 bridgehead atoms. The normalized spacial score (nSPS) is 10.4. The van der Waals surface area contributed by atoms with Crippen molar-refractivity contribution in [2.24, 2.45) is 0 Å². The van der Waals surface area contributed by atoms with E-state index in [1.54, 1.807) is 31.1 Å². The molecule has 1 aromatic rings. The molecule has 0 atom stereocenters. The summed E-state index contributed by atoms with van der Waals surface area (Å²) in [6, 6.07) is 4.61. The van der Waals surface area contributed by atoms with Gasteiger partial charge in [0, 0.05) is 13.6 Å². The molecule has 1 N–H and O–H groups in total. The highest BCUT2D eigenvalue weighted by atomic mass is 35.5. The molecule has 0 saturated carbocycles. The van der Waals surface area contributed by atoms with Gasteiger partial charge in [0.15, 0.2) is 0 Å². The van der Waals surface area contributed by atoms with Crippen molar-refractivity contribution in [1.29, 1.82) is 0 Å². The lowest BCUT2D eigenvalue weighted by Gasteiger charge is -2.16. The van der Waals surface area contributed by atoms with Gasteiger partial charge in [-0.05, 0) is 31.2 Å². The van der Waals surface area contributed by atoms with E-state index < -0.39 is 5.82 Å². The van der Waals surface area contributed by atoms with Gasteiger partial charge in [0.25, 0.3) is 0 Å². The Bertz CT molecular complexity index is 398. The minimum Gasteiger partial charge on any atom is -0.344 e. The third-order valence-corrected chi connectivity index (χ3v) is 2.76. The fraction of sp³-hybridized carbons (Fsp3) is 0.417. The molecule has 5 heteroatoms. The molecule has 0 fully saturated rings. The van der Waals surface area contributed by atoms with Crippen LogP contribution in [-0.2, 0) is 11.2 Å². The second-order valence-electron chi connectivity index (χ2n) is 3.84. The fourth-order valence-corrected chi connectivity index (χ4v) is 1.61. The van der Waals surface area contributed by atoms with Crippen LogP contribution in [0.1, 0.15) is 5.56 Å². The number of hydrogen-bond donors (Lipinski definition) is 1. The molecule has 1 amide bonds. The Balaban J connectivity index is 2.50. The highest BCUT2D eigenvalue weighted by molar-refractivity contribution is 6.30. The third-order valence-electron chi connectivity index (χ3n) is 2.47. The van der Waals surface area contributed by atoms with E-state index in [9.17, 15) is 9.18 Å². The molecule has 0 aromatic heterocycles. The van der Waals surface area contributed by atoms with Crippen LogP contribution in [-0.4, -0.2) is 38.0 Å². The molecule has 0 saturated heterocycles. The van der Waals surface area contributed by atoms with Gasteiger partial charge in [-0.25, -0.2) is 4.39 Å². The maximum Gasteiger partial charge on any atom is 0.236 e. The minimum atomic E-state index is -0.421. The number of halogens is 2. The lowest BCUT2D eigenvalue weighted by Crippen LogP contribution is -2.35. The summed E-state index contributed by atoms with van der Waals surface area (Å²) >= 11 is 5.68. The number of benzene rings is 1. The summed E-state index contributed by atoms with van der Waals surface area (Å²) in [4.78, 5) is 13.1. The monoisotopic (exact) mass is 258 g/mol. The summed E-state index contributed by atoms with van der Waals surface area (Å²) in [7, 11) is 3.47. The Labute approximate surface area is 106 Å². The highest BCUT2D eigenvalue weighted by Crippen LogP contribution is 2.16. The van der Waals surface area contributed by atoms with E-state index in [1.807, 2.05) is 0 Å². The Morgan fingerprint density at radius 3 is 2.82 bits per heavy atom. The number of nitrogens with zero attached hydrogens (tertiary/aromatic N) is 1. The number of nitrogens with one attached hydrogen (secondary N) is 1. The molecule has 0 aliphatic heterocycles. The topological polar surface area (TPSA) is 32.3 Å². The molecule has 17 heavy (non-hydrogen) atoms. The number of rotatable bonds is 5. The quantitative estimate of drug-likeness (QED) is 0.872. The van der Waals surface area contributed by atoms with Crippen LogP contribution >= 0.6 is 11.6 Å². The zero-order valence-corrected chi connectivity index (χ0v) is 10.7. The zero-order chi connectivity index (χ0) is 12.8. The van der Waals surface area contributed by atoms with Crippen molar-refractivity contribution in [3.8, 4) is 0 Å². The van der Waals surface area contributed by atoms with E-state index >= 15 is 0 Å². The fourth-order valence-electron chi connectivity index (χ4n) is 1.40. The SMILES string of the molecule is CNCC(=O)N(C)CCc1ccc(F)c(Cl)c1. The maximum atomic E-state index is 12.9. The van der Waals surface area contributed by atoms with Gasteiger partial charge in [-0.15, -0.1) is 0 Å². The Kier molecular flexibility index (Phi) is 5.38. The highest BCUT2D eigenvalue weighted by Gasteiger charge is 2.07. The number of carbonyl (C=O) groups excluding carboxylic acids is 1. The van der Waals surface area contributed by atoms with E-state index in [4.69, 9.17) is 11.6 Å². The Morgan fingerprint density at radius 2 is 2.24 bits per heavy atom. The molecule has 0 spiro atoms. The van der Waals surface area contributed by atoms with Crippen LogP contribution in [0.5, 0.6) is 0 Å². The van der Waals surface area contributed by atoms with Gasteiger partial charge in [0.05, 0.1) is 11.6 Å². The molecule has 3 nitrogen and oxygen atoms in total. The smallest absolute Gasteiger partial charge is 0.236 e. The van der Waals surface area contributed by atoms with Crippen molar-refractivity contribution >= 4 is 17.5 Å². The first kappa shape index (κ1) is 13.9. The standard InChI is InChI=1S/C12H16ClFN2O/c1-15-8-12(17)16(2)6-5-9-3-4-11(14)10(13)7-9/h3-4,7,15H,5-6,8H2,1-2H3. The predicted molar refractivity (Wildman–Crippen MR) is 66.7 cm³/mol. The Hall–Kier alpha value is -1.13. The van der Waals surface area contributed by atoms with E-state index in [0.29, 0.717) is 19.5 Å². The van der Waals surface area contributed by atoms with Crippen molar-refractivity contribution in [2.75, 3.05) is 27.2 Å². The van der Waals surface area contributed by atoms with Gasteiger partial charge in [0.1, 0.15) is 5.82 Å². The summed E-state index contributed by atoms with van der Waals surface area (Å²) in [6.45, 7) is 0.906. The first-order chi connectivity index (χ1) is 8.04. The van der Waals surface area contributed by atoms with Crippen LogP contribution in [0.2, 0.25) is 5.02 Å². The van der Waals surface area contributed by atoms with Crippen molar-refractivity contribution in [2.45, 2.75) is 6.42 Å². The molecule has 1 aromatic carbocycles. The molecular formula is C12H16ClFN2O. The molecule has 0 aliphatic rings. The van der Waals surface area contributed by atoms with E-state index in [-0.39, 0.29) is 10.9 Å². The van der Waals surface area contributed by atoms with E-state index in [1.165, 1.54) is 6.07 Å². The van der Waals surface area contributed by atoms with Crippen molar-refractivity contribution < 1.29 is 9.18 Å². The molecule has 0 radical (unpaired) electrons. The maximum absolute atomic E-state index is 12.9. The summed E-state index contributed by atoms with van der Waals surface area (Å²) in [5, 5.41) is 2.92. The van der Waals surface area contributed by atoms with Crippen LogP contribution in [0.4, 0.5) is 4.39 Å². The van der Waals surface area contributed by atoms with Crippen molar-refractivity contribution in [3.63, 3.8) is 0 Å². The molecule has 0 unspecified atom stereocenters. The average molecular weight is 259 g/mol. The Morgan fingerprint density at radius 1 is 1.53 bits per heavy atom. The van der Waals surface area contributed by atoms with Gasteiger partial charge >= 0.3 is 0 Å². The summed E-state index contributed by atoms with van der Waals surface area (Å²) in [5.41, 5.74) is 0.917. The second kappa shape index (κ2) is 6.57. The largest absolute Gasteiger partial charge is 0.344 e. The van der Waals surface area contributed by atoms with Crippen LogP contribution in [0, 0.1) is 5.82 Å². The van der Waals surface area contributed by atoms with Gasteiger partial charge in [-0.1, -0.05) is 17.7 Å². The van der Waals surface area contributed by atoms with E-state index in [0.717, 1.165) is 5.56 Å². The molecule has 0 heterocycles. The second-order valence-corrected chi connectivity index (χ2v) is 4.25. The third kappa shape index (κ3) is 4.32. The first-order valence-electron chi connectivity index (χ1n) is 5.37. The van der Waals surface area contributed by atoms with Crippen LogP contribution in [0.25, 0.3) is 0 Å². The van der Waals surface area contributed by atoms with Gasteiger partial charge in [-0.2, -0.15) is 0 Å². The summed E-state index contributed by atoms with van der Waals surface area (Å²) < 4.78 is 12.9. The molecular weight excluding hydrogens is 243 g/mol. The van der Waals surface area contributed by atoms with Crippen molar-refractivity contribution in [1.82, 2.24) is 10.2 Å². The van der Waals surface area contributed by atoms with Gasteiger partial charge < -0.3 is 10.2 Å². The lowest BCUT2D eigenvalue weighted by molar-refractivity contribution is -0.128. The average Bonchev–Trinajstić information content (AvgIpc) is 2.30. The van der Waals surface area contributed by atoms with Gasteiger partial charge in [-0.3, -0.25) is 4.79 Å². The van der Waals surface area contributed by atoms with Crippen molar-refractivity contribution in [3.05, 3.63) is 34.6 Å². The predicted octanol–water partition coefficient (Wildman–Crippen LogP) is 1.70. The number of amides is 1. The summed E-state index contributed by atoms with van der Waals surface area (Å²) in [6.07, 6.45) is 0.659. The first-order valence-corrected chi connectivity index (χ1v) is 5.75. The van der Waals surface area contributed by atoms with Gasteiger partial charge in [0.2, 0.25) is 5.91 Å². The number of likely N-dealkylation sites (N-methyl/N-ethyl adjacent to an activating group) is 2. The van der Waals surface area contributed by atoms with Crippen LogP contribution < -0.4 is 5.32 Å². The molecule has 0 aliphatic carbocycles. The zero-order valence-electron chi connectivity index (χ0n) is 9.96. The molecule has 94 valence electrons.